The largest absolute Gasteiger partial charge is 0.491 e. The van der Waals surface area contributed by atoms with Gasteiger partial charge in [-0.1, -0.05) is 42.5 Å². The fraction of sp³-hybridized carbons (Fsp3) is 0.238. The third kappa shape index (κ3) is 8.21. The van der Waals surface area contributed by atoms with Crippen molar-refractivity contribution >= 4 is 21.8 Å². The topological polar surface area (TPSA) is 108 Å². The van der Waals surface area contributed by atoms with Gasteiger partial charge in [0.25, 0.3) is 0 Å². The first-order valence-corrected chi connectivity index (χ1v) is 16.8. The van der Waals surface area contributed by atoms with Gasteiger partial charge in [0.2, 0.25) is 0 Å². The highest BCUT2D eigenvalue weighted by atomic mass is 16.5. The maximum absolute atomic E-state index is 10.1. The van der Waals surface area contributed by atoms with E-state index in [1.165, 1.54) is 0 Å². The minimum atomic E-state index is 0.431. The van der Waals surface area contributed by atoms with Crippen LogP contribution in [0.1, 0.15) is 11.1 Å². The number of hydrogen-bond acceptors (Lipinski definition) is 8. The first-order valence-electron chi connectivity index (χ1n) is 16.8. The van der Waals surface area contributed by atoms with Gasteiger partial charge in [-0.2, -0.15) is 10.5 Å². The van der Waals surface area contributed by atoms with Crippen molar-refractivity contribution < 1.29 is 28.4 Å². The van der Waals surface area contributed by atoms with Crippen molar-refractivity contribution in [1.82, 2.24) is 4.57 Å². The van der Waals surface area contributed by atoms with Crippen LogP contribution in [0.25, 0.3) is 49.7 Å². The van der Waals surface area contributed by atoms with Gasteiger partial charge in [0.1, 0.15) is 36.9 Å². The van der Waals surface area contributed by atoms with Crippen LogP contribution in [0, 0.1) is 22.7 Å². The summed E-state index contributed by atoms with van der Waals surface area (Å²) in [7, 11) is 3.29. The SMILES string of the molecule is COCCOCCOc1ccc(-c2ccc3c(c2)c2cc(-c4ccc(OCCOCCOC)cc4)ccc2n3-c2c(C#N)cccc2C#N)cc1. The highest BCUT2D eigenvalue weighted by Gasteiger charge is 2.19. The smallest absolute Gasteiger partial charge is 0.119 e. The van der Waals surface area contributed by atoms with Crippen LogP contribution in [0.2, 0.25) is 0 Å². The molecule has 0 fully saturated rings. The predicted molar refractivity (Wildman–Crippen MR) is 197 cm³/mol. The summed E-state index contributed by atoms with van der Waals surface area (Å²) in [5.74, 6) is 1.53. The van der Waals surface area contributed by atoms with Crippen molar-refractivity contribution in [2.24, 2.45) is 0 Å². The minimum absolute atomic E-state index is 0.431. The molecule has 6 rings (SSSR count). The van der Waals surface area contributed by atoms with Crippen LogP contribution in [-0.2, 0) is 18.9 Å². The van der Waals surface area contributed by atoms with E-state index in [2.05, 4.69) is 48.5 Å². The Balaban J connectivity index is 1.34. The Morgan fingerprint density at radius 1 is 0.490 bits per heavy atom. The van der Waals surface area contributed by atoms with E-state index in [1.54, 1.807) is 32.4 Å². The number of para-hydroxylation sites is 1. The normalized spacial score (nSPS) is 11.1. The van der Waals surface area contributed by atoms with Crippen LogP contribution in [-0.4, -0.2) is 71.6 Å². The molecule has 0 atom stereocenters. The number of hydrogen-bond donors (Lipinski definition) is 0. The van der Waals surface area contributed by atoms with Crippen LogP contribution in [0.4, 0.5) is 0 Å². The molecule has 0 aliphatic carbocycles. The molecule has 0 unspecified atom stereocenters. The zero-order valence-electron chi connectivity index (χ0n) is 28.8. The summed E-state index contributed by atoms with van der Waals surface area (Å²) in [6.45, 7) is 4.05. The summed E-state index contributed by atoms with van der Waals surface area (Å²) in [4.78, 5) is 0. The second-order valence-corrected chi connectivity index (χ2v) is 11.7. The van der Waals surface area contributed by atoms with Gasteiger partial charge >= 0.3 is 0 Å². The molecule has 0 spiro atoms. The lowest BCUT2D eigenvalue weighted by atomic mass is 10.00. The summed E-state index contributed by atoms with van der Waals surface area (Å²) in [6, 6.07) is 38.5. The standard InChI is InChI=1S/C42H39N3O6/c1-46-18-20-48-22-24-50-36-12-6-30(7-13-36)32-10-16-40-38(26-32)39-27-33(31-8-14-37(15-9-31)51-25-23-49-21-19-47-2)11-17-41(39)45(40)42-34(28-43)4-3-5-35(42)29-44/h3-17,26-27H,18-25H2,1-2H3. The van der Waals surface area contributed by atoms with Crippen molar-refractivity contribution in [2.75, 3.05) is 67.1 Å². The Hall–Kier alpha value is -5.68. The van der Waals surface area contributed by atoms with Crippen molar-refractivity contribution in [3.63, 3.8) is 0 Å². The van der Waals surface area contributed by atoms with E-state index in [9.17, 15) is 10.5 Å². The number of methoxy groups -OCH3 is 2. The Kier molecular flexibility index (Phi) is 11.9. The first kappa shape index (κ1) is 35.2. The molecule has 0 bridgehead atoms. The maximum Gasteiger partial charge on any atom is 0.119 e. The van der Waals surface area contributed by atoms with Crippen LogP contribution >= 0.6 is 0 Å². The molecule has 0 N–H and O–H groups in total. The van der Waals surface area contributed by atoms with E-state index < -0.39 is 0 Å². The first-order chi connectivity index (χ1) is 25.1. The fourth-order valence-corrected chi connectivity index (χ4v) is 6.00. The molecule has 0 amide bonds. The molecular formula is C42H39N3O6. The zero-order chi connectivity index (χ0) is 35.4. The highest BCUT2D eigenvalue weighted by Crippen LogP contribution is 2.39. The molecule has 51 heavy (non-hydrogen) atoms. The van der Waals surface area contributed by atoms with Gasteiger partial charge in [0, 0.05) is 25.0 Å². The van der Waals surface area contributed by atoms with Crippen molar-refractivity contribution in [1.29, 1.82) is 10.5 Å². The molecule has 0 aliphatic heterocycles. The summed E-state index contributed by atoms with van der Waals surface area (Å²) in [5, 5.41) is 22.2. The number of nitrogens with zero attached hydrogens (tertiary/aromatic N) is 3. The molecule has 9 heteroatoms. The van der Waals surface area contributed by atoms with E-state index in [1.807, 2.05) is 53.1 Å². The van der Waals surface area contributed by atoms with Crippen LogP contribution in [0.15, 0.2) is 103 Å². The highest BCUT2D eigenvalue weighted by molar-refractivity contribution is 6.12. The lowest BCUT2D eigenvalue weighted by molar-refractivity contribution is 0.0544. The van der Waals surface area contributed by atoms with E-state index in [0.29, 0.717) is 69.7 Å². The van der Waals surface area contributed by atoms with Gasteiger partial charge in [-0.3, -0.25) is 0 Å². The van der Waals surface area contributed by atoms with Gasteiger partial charge in [0.05, 0.1) is 67.5 Å². The van der Waals surface area contributed by atoms with E-state index in [-0.39, 0.29) is 0 Å². The monoisotopic (exact) mass is 681 g/mol. The molecule has 0 aliphatic rings. The Morgan fingerprint density at radius 3 is 1.31 bits per heavy atom. The number of fused-ring (bicyclic) bond motifs is 3. The molecule has 0 saturated carbocycles. The average molecular weight is 682 g/mol. The van der Waals surface area contributed by atoms with Gasteiger partial charge in [-0.05, 0) is 82.9 Å². The number of aromatic nitrogens is 1. The van der Waals surface area contributed by atoms with Gasteiger partial charge in [-0.15, -0.1) is 0 Å². The van der Waals surface area contributed by atoms with Gasteiger partial charge in [0.15, 0.2) is 0 Å². The van der Waals surface area contributed by atoms with E-state index >= 15 is 0 Å². The zero-order valence-corrected chi connectivity index (χ0v) is 28.8. The maximum atomic E-state index is 10.1. The summed E-state index contributed by atoms with van der Waals surface area (Å²) in [6.07, 6.45) is 0. The molecule has 0 saturated heterocycles. The fourth-order valence-electron chi connectivity index (χ4n) is 6.00. The quantitative estimate of drug-likeness (QED) is 0.0893. The second-order valence-electron chi connectivity index (χ2n) is 11.7. The number of nitriles is 2. The Labute approximate surface area is 297 Å². The number of ether oxygens (including phenoxy) is 6. The lowest BCUT2D eigenvalue weighted by Crippen LogP contribution is -2.09. The molecule has 258 valence electrons. The summed E-state index contributed by atoms with van der Waals surface area (Å²) in [5.41, 5.74) is 7.36. The third-order valence-corrected chi connectivity index (χ3v) is 8.50. The van der Waals surface area contributed by atoms with Gasteiger partial charge < -0.3 is 33.0 Å². The van der Waals surface area contributed by atoms with Crippen molar-refractivity contribution in [2.45, 2.75) is 0 Å². The molecule has 5 aromatic carbocycles. The molecule has 6 aromatic rings. The van der Waals surface area contributed by atoms with Crippen LogP contribution in [0.3, 0.4) is 0 Å². The molecule has 1 aromatic heterocycles. The molecule has 1 heterocycles. The Bertz CT molecular complexity index is 2010. The molecule has 0 radical (unpaired) electrons. The van der Waals surface area contributed by atoms with Crippen molar-refractivity contribution in [3.8, 4) is 51.6 Å². The Morgan fingerprint density at radius 2 is 0.902 bits per heavy atom. The predicted octanol–water partition coefficient (Wildman–Crippen LogP) is 7.94. The average Bonchev–Trinajstić information content (AvgIpc) is 3.50. The number of benzene rings is 5. The van der Waals surface area contributed by atoms with Crippen LogP contribution in [0.5, 0.6) is 11.5 Å². The molecule has 9 nitrogen and oxygen atoms in total. The van der Waals surface area contributed by atoms with E-state index in [4.69, 9.17) is 28.4 Å². The summed E-state index contributed by atoms with van der Waals surface area (Å²) < 4.78 is 34.8. The minimum Gasteiger partial charge on any atom is -0.491 e. The second kappa shape index (κ2) is 17.3. The van der Waals surface area contributed by atoms with E-state index in [0.717, 1.165) is 55.6 Å². The van der Waals surface area contributed by atoms with Gasteiger partial charge in [-0.25, -0.2) is 0 Å². The van der Waals surface area contributed by atoms with Crippen molar-refractivity contribution in [3.05, 3.63) is 114 Å². The van der Waals surface area contributed by atoms with Crippen LogP contribution < -0.4 is 9.47 Å². The number of rotatable bonds is 17. The summed E-state index contributed by atoms with van der Waals surface area (Å²) >= 11 is 0. The lowest BCUT2D eigenvalue weighted by Gasteiger charge is -2.12. The third-order valence-electron chi connectivity index (χ3n) is 8.50. The molecular weight excluding hydrogens is 642 g/mol.